The SMILES string of the molecule is CCc1ccc(/C=C/c2ccc([C-](C)C)cc2)cc1.[Ho]. The molecule has 0 bridgehead atoms. The molecular formula is C19H21Ho-. The van der Waals surface area contributed by atoms with E-state index >= 15 is 0 Å². The van der Waals surface area contributed by atoms with Gasteiger partial charge in [-0.2, -0.15) is 23.6 Å². The summed E-state index contributed by atoms with van der Waals surface area (Å²) >= 11 is 0. The number of hydrogen-bond acceptors (Lipinski definition) is 0. The molecule has 0 atom stereocenters. The Labute approximate surface area is 152 Å². The van der Waals surface area contributed by atoms with Gasteiger partial charge in [0, 0.05) is 37.7 Å². The van der Waals surface area contributed by atoms with Crippen LogP contribution >= 0.6 is 0 Å². The summed E-state index contributed by atoms with van der Waals surface area (Å²) in [6.45, 7) is 6.46. The maximum absolute atomic E-state index is 2.19. The molecule has 2 aromatic carbocycles. The molecule has 0 nitrogen and oxygen atoms in total. The van der Waals surface area contributed by atoms with Crippen LogP contribution in [0.3, 0.4) is 0 Å². The van der Waals surface area contributed by atoms with E-state index < -0.39 is 0 Å². The zero-order chi connectivity index (χ0) is 13.7. The molecule has 0 fully saturated rings. The Bertz CT molecular complexity index is 533. The van der Waals surface area contributed by atoms with Crippen molar-refractivity contribution in [1.29, 1.82) is 0 Å². The molecule has 2 rings (SSSR count). The third-order valence-electron chi connectivity index (χ3n) is 3.34. The summed E-state index contributed by atoms with van der Waals surface area (Å²) in [6.07, 6.45) is 5.42. The van der Waals surface area contributed by atoms with Crippen LogP contribution in [-0.4, -0.2) is 0 Å². The summed E-state index contributed by atoms with van der Waals surface area (Å²) in [4.78, 5) is 0. The third-order valence-corrected chi connectivity index (χ3v) is 3.34. The van der Waals surface area contributed by atoms with Gasteiger partial charge in [-0.1, -0.05) is 57.2 Å². The van der Waals surface area contributed by atoms with Crippen molar-refractivity contribution in [1.82, 2.24) is 0 Å². The number of benzene rings is 2. The molecule has 1 radical (unpaired) electrons. The van der Waals surface area contributed by atoms with Gasteiger partial charge in [-0.05, 0) is 23.1 Å². The summed E-state index contributed by atoms with van der Waals surface area (Å²) in [5.74, 6) is 1.35. The Kier molecular flexibility index (Phi) is 7.43. The third kappa shape index (κ3) is 5.01. The van der Waals surface area contributed by atoms with E-state index in [0.717, 1.165) is 6.42 Å². The van der Waals surface area contributed by atoms with E-state index in [1.165, 1.54) is 28.2 Å². The fourth-order valence-electron chi connectivity index (χ4n) is 1.98. The van der Waals surface area contributed by atoms with Crippen LogP contribution < -0.4 is 0 Å². The van der Waals surface area contributed by atoms with Crippen molar-refractivity contribution in [2.45, 2.75) is 27.2 Å². The van der Waals surface area contributed by atoms with E-state index in [4.69, 9.17) is 0 Å². The van der Waals surface area contributed by atoms with Gasteiger partial charge in [0.2, 0.25) is 0 Å². The molecule has 20 heavy (non-hydrogen) atoms. The summed E-state index contributed by atoms with van der Waals surface area (Å²) in [6, 6.07) is 17.4. The van der Waals surface area contributed by atoms with Crippen LogP contribution in [0, 0.1) is 43.7 Å². The minimum absolute atomic E-state index is 0. The van der Waals surface area contributed by atoms with Gasteiger partial charge >= 0.3 is 0 Å². The number of rotatable bonds is 4. The summed E-state index contributed by atoms with van der Waals surface area (Å²) in [5, 5.41) is 0. The summed E-state index contributed by atoms with van der Waals surface area (Å²) < 4.78 is 0. The van der Waals surface area contributed by atoms with Crippen molar-refractivity contribution in [2.75, 3.05) is 0 Å². The molecule has 0 aliphatic heterocycles. The molecule has 2 aromatic rings. The maximum atomic E-state index is 2.19. The minimum Gasteiger partial charge on any atom is -0.189 e. The van der Waals surface area contributed by atoms with Crippen molar-refractivity contribution in [3.05, 3.63) is 76.7 Å². The van der Waals surface area contributed by atoms with Crippen LogP contribution in [0.4, 0.5) is 0 Å². The first-order valence-electron chi connectivity index (χ1n) is 6.86. The van der Waals surface area contributed by atoms with Crippen molar-refractivity contribution in [3.8, 4) is 0 Å². The monoisotopic (exact) mass is 414 g/mol. The van der Waals surface area contributed by atoms with Crippen LogP contribution in [0.2, 0.25) is 0 Å². The largest absolute Gasteiger partial charge is 0.189 e. The van der Waals surface area contributed by atoms with Crippen LogP contribution in [0.1, 0.15) is 43.0 Å². The average molecular weight is 414 g/mol. The molecule has 0 amide bonds. The van der Waals surface area contributed by atoms with Gasteiger partial charge in [0.05, 0.1) is 0 Å². The van der Waals surface area contributed by atoms with Crippen molar-refractivity contribution in [2.24, 2.45) is 0 Å². The second-order valence-corrected chi connectivity index (χ2v) is 5.05. The first kappa shape index (κ1) is 17.4. The van der Waals surface area contributed by atoms with E-state index in [1.807, 2.05) is 0 Å². The van der Waals surface area contributed by atoms with Gasteiger partial charge in [0.15, 0.2) is 0 Å². The molecule has 0 spiro atoms. The van der Waals surface area contributed by atoms with Crippen LogP contribution in [0.25, 0.3) is 12.2 Å². The fourth-order valence-corrected chi connectivity index (χ4v) is 1.98. The Morgan fingerprint density at radius 2 is 1.25 bits per heavy atom. The van der Waals surface area contributed by atoms with E-state index in [-0.39, 0.29) is 37.7 Å². The Morgan fingerprint density at radius 3 is 1.65 bits per heavy atom. The number of hydrogen-bond donors (Lipinski definition) is 0. The Balaban J connectivity index is 0.00000200. The van der Waals surface area contributed by atoms with E-state index in [1.54, 1.807) is 0 Å². The first-order chi connectivity index (χ1) is 9.19. The van der Waals surface area contributed by atoms with Gasteiger partial charge in [-0.15, -0.1) is 12.1 Å². The zero-order valence-electron chi connectivity index (χ0n) is 12.3. The van der Waals surface area contributed by atoms with Gasteiger partial charge in [0.25, 0.3) is 0 Å². The summed E-state index contributed by atoms with van der Waals surface area (Å²) in [5.41, 5.74) is 5.18. The van der Waals surface area contributed by atoms with Gasteiger partial charge < -0.3 is 0 Å². The molecular weight excluding hydrogens is 393 g/mol. The van der Waals surface area contributed by atoms with E-state index in [2.05, 4.69) is 81.5 Å². The molecule has 1 heteroatoms. The second-order valence-electron chi connectivity index (χ2n) is 5.05. The van der Waals surface area contributed by atoms with Gasteiger partial charge in [-0.3, -0.25) is 0 Å². The van der Waals surface area contributed by atoms with E-state index in [0.29, 0.717) is 0 Å². The molecule has 0 heterocycles. The van der Waals surface area contributed by atoms with Gasteiger partial charge in [0.1, 0.15) is 0 Å². The topological polar surface area (TPSA) is 0 Å². The van der Waals surface area contributed by atoms with Gasteiger partial charge in [-0.25, -0.2) is 0 Å². The normalized spacial score (nSPS) is 10.3. The minimum atomic E-state index is 0. The smallest absolute Gasteiger partial charge is 0 e. The molecule has 0 aromatic heterocycles. The Hall–Kier alpha value is -0.690. The molecule has 0 saturated heterocycles. The van der Waals surface area contributed by atoms with Crippen LogP contribution in [-0.2, 0) is 6.42 Å². The van der Waals surface area contributed by atoms with Crippen molar-refractivity contribution >= 4 is 12.2 Å². The van der Waals surface area contributed by atoms with Crippen molar-refractivity contribution < 1.29 is 37.7 Å². The molecule has 0 saturated carbocycles. The predicted octanol–water partition coefficient (Wildman–Crippen LogP) is 5.38. The quantitative estimate of drug-likeness (QED) is 0.358. The second kappa shape index (κ2) is 8.56. The van der Waals surface area contributed by atoms with Crippen LogP contribution in [0.5, 0.6) is 0 Å². The molecule has 0 N–H and O–H groups in total. The van der Waals surface area contributed by atoms with Crippen molar-refractivity contribution in [3.63, 3.8) is 0 Å². The molecule has 0 unspecified atom stereocenters. The predicted molar refractivity (Wildman–Crippen MR) is 84.9 cm³/mol. The molecule has 109 valence electrons. The number of aryl methyl sites for hydroxylation is 1. The van der Waals surface area contributed by atoms with Crippen LogP contribution in [0.15, 0.2) is 48.5 Å². The average Bonchev–Trinajstić information content (AvgIpc) is 2.46. The summed E-state index contributed by atoms with van der Waals surface area (Å²) in [7, 11) is 0. The maximum Gasteiger partial charge on any atom is 0 e. The zero-order valence-corrected chi connectivity index (χ0v) is 14.2. The van der Waals surface area contributed by atoms with E-state index in [9.17, 15) is 0 Å². The Morgan fingerprint density at radius 1 is 0.800 bits per heavy atom. The molecule has 0 aliphatic carbocycles. The fraction of sp³-hybridized carbons (Fsp3) is 0.211. The first-order valence-corrected chi connectivity index (χ1v) is 6.86. The standard InChI is InChI=1S/C19H21.Ho/c1-4-16-5-7-17(8-6-16)9-10-18-11-13-19(14-12-18)15(2)3;/h5-14H,4H2,1-3H3;/q-1;/b10-9+;. The molecule has 0 aliphatic rings.